The first-order valence-corrected chi connectivity index (χ1v) is 11.0. The zero-order valence-electron chi connectivity index (χ0n) is 18.1. The van der Waals surface area contributed by atoms with E-state index in [1.54, 1.807) is 19.9 Å². The van der Waals surface area contributed by atoms with E-state index in [1.165, 1.54) is 16.8 Å². The van der Waals surface area contributed by atoms with Crippen LogP contribution in [0.2, 0.25) is 5.02 Å². The molecule has 0 spiro atoms. The summed E-state index contributed by atoms with van der Waals surface area (Å²) in [7, 11) is 0. The van der Waals surface area contributed by atoms with Crippen LogP contribution in [0.4, 0.5) is 22.0 Å². The second kappa shape index (κ2) is 10.3. The predicted octanol–water partition coefficient (Wildman–Crippen LogP) is 6.84. The van der Waals surface area contributed by atoms with Gasteiger partial charge in [0, 0.05) is 12.1 Å². The Balaban J connectivity index is 1.98. The summed E-state index contributed by atoms with van der Waals surface area (Å²) in [6.07, 6.45) is -3.68. The first-order chi connectivity index (χ1) is 15.6. The van der Waals surface area contributed by atoms with Crippen LogP contribution in [-0.2, 0) is 11.3 Å². The van der Waals surface area contributed by atoms with Gasteiger partial charge in [-0.3, -0.25) is 4.68 Å². The number of aryl methyl sites for hydroxylation is 1. The van der Waals surface area contributed by atoms with E-state index in [2.05, 4.69) is 5.10 Å². The lowest BCUT2D eigenvalue weighted by molar-refractivity contribution is -0.182. The fourth-order valence-electron chi connectivity index (χ4n) is 4.19. The standard InChI is InChI=1S/C22H24ClF5N2O3/c1-3-30-19(17(23)18(29-30)20(31)32-4-2)15-10-7-13(11-16(15)33-21(24)25)12-5-8-14(9-6-12)22(26,27)28/h7,10-12,14,21H,3-6,8-9H2,1-2H3. The second-order valence-corrected chi connectivity index (χ2v) is 8.15. The number of halogens is 6. The smallest absolute Gasteiger partial charge is 0.391 e. The maximum Gasteiger partial charge on any atom is 0.391 e. The largest absolute Gasteiger partial charge is 0.461 e. The van der Waals surface area contributed by atoms with Gasteiger partial charge >= 0.3 is 18.8 Å². The number of ether oxygens (including phenoxy) is 2. The van der Waals surface area contributed by atoms with Gasteiger partial charge in [-0.05, 0) is 63.1 Å². The quantitative estimate of drug-likeness (QED) is 0.312. The van der Waals surface area contributed by atoms with Crippen molar-refractivity contribution in [3.63, 3.8) is 0 Å². The Bertz CT molecular complexity index is 985. The number of hydrogen-bond acceptors (Lipinski definition) is 4. The van der Waals surface area contributed by atoms with Crippen molar-refractivity contribution in [3.05, 3.63) is 34.5 Å². The molecule has 182 valence electrons. The minimum Gasteiger partial charge on any atom is -0.461 e. The number of benzene rings is 1. The van der Waals surface area contributed by atoms with Crippen LogP contribution in [0.5, 0.6) is 5.75 Å². The minimum atomic E-state index is -4.23. The molecule has 1 heterocycles. The maximum absolute atomic E-state index is 13.2. The van der Waals surface area contributed by atoms with Gasteiger partial charge < -0.3 is 9.47 Å². The van der Waals surface area contributed by atoms with Gasteiger partial charge in [0.1, 0.15) is 10.8 Å². The third-order valence-electron chi connectivity index (χ3n) is 5.80. The fraction of sp³-hybridized carbons (Fsp3) is 0.545. The van der Waals surface area contributed by atoms with Crippen LogP contribution in [-0.4, -0.2) is 35.1 Å². The van der Waals surface area contributed by atoms with E-state index in [0.717, 1.165) is 0 Å². The number of nitrogens with zero attached hydrogens (tertiary/aromatic N) is 2. The normalized spacial score (nSPS) is 19.1. The molecule has 0 N–H and O–H groups in total. The molecule has 0 saturated heterocycles. The van der Waals surface area contributed by atoms with Crippen molar-refractivity contribution in [1.82, 2.24) is 9.78 Å². The van der Waals surface area contributed by atoms with E-state index in [1.807, 2.05) is 0 Å². The van der Waals surface area contributed by atoms with Gasteiger partial charge in [0.05, 0.1) is 18.2 Å². The molecule has 2 aromatic rings. The highest BCUT2D eigenvalue weighted by Gasteiger charge is 2.41. The van der Waals surface area contributed by atoms with Gasteiger partial charge in [-0.2, -0.15) is 27.1 Å². The SMILES string of the molecule is CCOC(=O)c1nn(CC)c(-c2ccc(C3CCC(C(F)(F)F)CC3)cc2OC(F)F)c1Cl. The Morgan fingerprint density at radius 2 is 1.88 bits per heavy atom. The molecule has 0 amide bonds. The van der Waals surface area contributed by atoms with E-state index in [-0.39, 0.29) is 72.5 Å². The highest BCUT2D eigenvalue weighted by Crippen LogP contribution is 2.45. The van der Waals surface area contributed by atoms with E-state index in [4.69, 9.17) is 21.1 Å². The summed E-state index contributed by atoms with van der Waals surface area (Å²) < 4.78 is 76.4. The van der Waals surface area contributed by atoms with Gasteiger partial charge in [-0.1, -0.05) is 17.7 Å². The molecule has 0 atom stereocenters. The predicted molar refractivity (Wildman–Crippen MR) is 112 cm³/mol. The van der Waals surface area contributed by atoms with Crippen molar-refractivity contribution in [1.29, 1.82) is 0 Å². The number of carbonyl (C=O) groups excluding carboxylic acids is 1. The average Bonchev–Trinajstić information content (AvgIpc) is 3.09. The molecule has 0 radical (unpaired) electrons. The van der Waals surface area contributed by atoms with Gasteiger partial charge in [0.25, 0.3) is 0 Å². The molecule has 5 nitrogen and oxygen atoms in total. The summed E-state index contributed by atoms with van der Waals surface area (Å²) in [4.78, 5) is 12.2. The van der Waals surface area contributed by atoms with Crippen LogP contribution in [0.15, 0.2) is 18.2 Å². The zero-order chi connectivity index (χ0) is 24.3. The summed E-state index contributed by atoms with van der Waals surface area (Å²) in [6, 6.07) is 4.60. The monoisotopic (exact) mass is 494 g/mol. The first kappa shape index (κ1) is 25.3. The highest BCUT2D eigenvalue weighted by molar-refractivity contribution is 6.36. The topological polar surface area (TPSA) is 53.3 Å². The molecule has 0 aliphatic heterocycles. The number of rotatable bonds is 7. The van der Waals surface area contributed by atoms with Crippen LogP contribution < -0.4 is 4.74 Å². The summed E-state index contributed by atoms with van der Waals surface area (Å²) in [5.41, 5.74) is 0.871. The van der Waals surface area contributed by atoms with Crippen molar-refractivity contribution in [2.75, 3.05) is 6.61 Å². The molecule has 1 saturated carbocycles. The lowest BCUT2D eigenvalue weighted by Crippen LogP contribution is -2.27. The van der Waals surface area contributed by atoms with Gasteiger partial charge in [-0.25, -0.2) is 4.79 Å². The second-order valence-electron chi connectivity index (χ2n) is 7.77. The lowest BCUT2D eigenvalue weighted by Gasteiger charge is -2.30. The Kier molecular flexibility index (Phi) is 7.87. The Hall–Kier alpha value is -2.36. The van der Waals surface area contributed by atoms with E-state index < -0.39 is 24.7 Å². The highest BCUT2D eigenvalue weighted by atomic mass is 35.5. The molecule has 1 aromatic heterocycles. The summed E-state index contributed by atoms with van der Waals surface area (Å²) in [6.45, 7) is 0.614. The van der Waals surface area contributed by atoms with Crippen LogP contribution in [0.3, 0.4) is 0 Å². The molecular formula is C22H24ClF5N2O3. The zero-order valence-corrected chi connectivity index (χ0v) is 18.8. The van der Waals surface area contributed by atoms with Gasteiger partial charge in [0.2, 0.25) is 0 Å². The van der Waals surface area contributed by atoms with Crippen LogP contribution in [0.1, 0.15) is 61.5 Å². The van der Waals surface area contributed by atoms with Crippen molar-refractivity contribution in [2.24, 2.45) is 5.92 Å². The number of alkyl halides is 5. The fourth-order valence-corrected chi connectivity index (χ4v) is 4.51. The molecule has 0 bridgehead atoms. The molecule has 1 aromatic carbocycles. The Morgan fingerprint density at radius 3 is 2.42 bits per heavy atom. The molecule has 11 heteroatoms. The van der Waals surface area contributed by atoms with Gasteiger partial charge in [-0.15, -0.1) is 0 Å². The molecule has 1 aliphatic rings. The van der Waals surface area contributed by atoms with Crippen molar-refractivity contribution in [3.8, 4) is 17.0 Å². The summed E-state index contributed by atoms with van der Waals surface area (Å²) in [5.74, 6) is -2.49. The number of aromatic nitrogens is 2. The first-order valence-electron chi connectivity index (χ1n) is 10.7. The number of hydrogen-bond donors (Lipinski definition) is 0. The van der Waals surface area contributed by atoms with Crippen LogP contribution in [0.25, 0.3) is 11.3 Å². The van der Waals surface area contributed by atoms with Crippen molar-refractivity contribution < 1.29 is 36.2 Å². The van der Waals surface area contributed by atoms with Crippen LogP contribution >= 0.6 is 11.6 Å². The van der Waals surface area contributed by atoms with Gasteiger partial charge in [0.15, 0.2) is 5.69 Å². The molecule has 3 rings (SSSR count). The molecule has 33 heavy (non-hydrogen) atoms. The summed E-state index contributed by atoms with van der Waals surface area (Å²) >= 11 is 6.40. The minimum absolute atomic E-state index is 0.0156. The average molecular weight is 495 g/mol. The van der Waals surface area contributed by atoms with Crippen molar-refractivity contribution >= 4 is 17.6 Å². The number of esters is 1. The molecule has 0 unspecified atom stereocenters. The Morgan fingerprint density at radius 1 is 1.21 bits per heavy atom. The Labute approximate surface area is 192 Å². The maximum atomic E-state index is 13.2. The van der Waals surface area contributed by atoms with Crippen LogP contribution in [0, 0.1) is 5.92 Å². The number of carbonyl (C=O) groups is 1. The molecular weight excluding hydrogens is 471 g/mol. The third kappa shape index (κ3) is 5.59. The summed E-state index contributed by atoms with van der Waals surface area (Å²) in [5, 5.41) is 4.09. The van der Waals surface area contributed by atoms with E-state index >= 15 is 0 Å². The van der Waals surface area contributed by atoms with E-state index in [0.29, 0.717) is 5.56 Å². The molecule has 1 aliphatic carbocycles. The van der Waals surface area contributed by atoms with E-state index in [9.17, 15) is 26.7 Å². The molecule has 1 fully saturated rings. The third-order valence-corrected chi connectivity index (χ3v) is 6.16. The lowest BCUT2D eigenvalue weighted by atomic mass is 9.78. The van der Waals surface area contributed by atoms with Crippen molar-refractivity contribution in [2.45, 2.75) is 64.8 Å².